The number of benzene rings is 2. The van der Waals surface area contributed by atoms with Crippen molar-refractivity contribution < 1.29 is 17.7 Å². The molecule has 1 aliphatic rings. The number of hydrogen-bond acceptors (Lipinski definition) is 4. The summed E-state index contributed by atoms with van der Waals surface area (Å²) in [6, 6.07) is 12.6. The van der Waals surface area contributed by atoms with Crippen LogP contribution in [0.5, 0.6) is 0 Å². The smallest absolute Gasteiger partial charge is 0.399 e. The van der Waals surface area contributed by atoms with E-state index >= 15 is 0 Å². The Morgan fingerprint density at radius 1 is 0.897 bits per heavy atom. The lowest BCUT2D eigenvalue weighted by Crippen LogP contribution is -2.41. The van der Waals surface area contributed by atoms with Gasteiger partial charge in [-0.15, -0.1) is 0 Å². The molecule has 2 aromatic carbocycles. The summed E-state index contributed by atoms with van der Waals surface area (Å²) in [5.74, 6) is 0. The van der Waals surface area contributed by atoms with Crippen LogP contribution in [0.15, 0.2) is 52.3 Å². The Bertz CT molecular complexity index is 1180. The molecular formula is C22H26BNO4S. The molecule has 7 heteroatoms. The number of aryl methyl sites for hydroxylation is 2. The molecule has 0 bridgehead atoms. The van der Waals surface area contributed by atoms with Crippen LogP contribution < -0.4 is 5.46 Å². The van der Waals surface area contributed by atoms with E-state index in [-0.39, 0.29) is 4.90 Å². The third-order valence-corrected chi connectivity index (χ3v) is 8.03. The average molecular weight is 411 g/mol. The topological polar surface area (TPSA) is 68.4 Å². The zero-order valence-electron chi connectivity index (χ0n) is 17.7. The van der Waals surface area contributed by atoms with Gasteiger partial charge in [-0.3, -0.25) is 0 Å². The fourth-order valence-electron chi connectivity index (χ4n) is 3.63. The van der Waals surface area contributed by atoms with Crippen molar-refractivity contribution in [2.75, 3.05) is 0 Å². The van der Waals surface area contributed by atoms with Crippen LogP contribution in [0, 0.1) is 13.8 Å². The van der Waals surface area contributed by atoms with Gasteiger partial charge in [-0.05, 0) is 65.2 Å². The minimum absolute atomic E-state index is 0.285. The molecule has 3 aromatic rings. The molecular weight excluding hydrogens is 385 g/mol. The van der Waals surface area contributed by atoms with Crippen molar-refractivity contribution in [2.24, 2.45) is 0 Å². The maximum atomic E-state index is 13.4. The highest BCUT2D eigenvalue weighted by molar-refractivity contribution is 7.91. The molecule has 5 nitrogen and oxygen atoms in total. The number of H-pyrrole nitrogens is 1. The minimum Gasteiger partial charge on any atom is -0.399 e. The lowest BCUT2D eigenvalue weighted by molar-refractivity contribution is 0.00578. The van der Waals surface area contributed by atoms with Crippen LogP contribution in [0.25, 0.3) is 10.9 Å². The van der Waals surface area contributed by atoms with E-state index < -0.39 is 28.2 Å². The Labute approximate surface area is 172 Å². The zero-order valence-corrected chi connectivity index (χ0v) is 18.5. The van der Waals surface area contributed by atoms with Gasteiger partial charge in [0, 0.05) is 16.6 Å². The molecule has 1 saturated heterocycles. The Morgan fingerprint density at radius 2 is 1.48 bits per heavy atom. The second-order valence-electron chi connectivity index (χ2n) is 8.79. The van der Waals surface area contributed by atoms with Gasteiger partial charge in [0.15, 0.2) is 0 Å². The van der Waals surface area contributed by atoms with Gasteiger partial charge < -0.3 is 14.3 Å². The van der Waals surface area contributed by atoms with E-state index in [1.54, 1.807) is 19.1 Å². The molecule has 1 fully saturated rings. The molecule has 1 aliphatic heterocycles. The summed E-state index contributed by atoms with van der Waals surface area (Å²) < 4.78 is 39.1. The molecule has 4 rings (SSSR count). The van der Waals surface area contributed by atoms with Crippen LogP contribution in [0.1, 0.15) is 39.0 Å². The predicted octanol–water partition coefficient (Wildman–Crippen LogP) is 3.92. The van der Waals surface area contributed by atoms with Crippen molar-refractivity contribution in [3.8, 4) is 0 Å². The number of sulfone groups is 1. The van der Waals surface area contributed by atoms with Crippen molar-refractivity contribution in [1.29, 1.82) is 0 Å². The summed E-state index contributed by atoms with van der Waals surface area (Å²) >= 11 is 0. The molecule has 29 heavy (non-hydrogen) atoms. The molecule has 1 N–H and O–H groups in total. The number of fused-ring (bicyclic) bond motifs is 1. The van der Waals surface area contributed by atoms with Gasteiger partial charge in [0.2, 0.25) is 9.84 Å². The molecule has 0 amide bonds. The van der Waals surface area contributed by atoms with Gasteiger partial charge in [0.25, 0.3) is 0 Å². The summed E-state index contributed by atoms with van der Waals surface area (Å²) in [4.78, 5) is 3.79. The van der Waals surface area contributed by atoms with Gasteiger partial charge >= 0.3 is 7.12 Å². The van der Waals surface area contributed by atoms with Crippen LogP contribution in [0.2, 0.25) is 0 Å². The quantitative estimate of drug-likeness (QED) is 0.664. The number of rotatable bonds is 3. The predicted molar refractivity (Wildman–Crippen MR) is 115 cm³/mol. The normalized spacial score (nSPS) is 18.5. The minimum atomic E-state index is -3.67. The molecule has 0 saturated carbocycles. The summed E-state index contributed by atoms with van der Waals surface area (Å²) in [5, 5.41) is 0.648. The SMILES string of the molecule is Cc1ccc(S(=O)(=O)c2c(C)[nH]c3ccc(B4OC(C)(C)C(C)(C)O4)cc23)cc1. The first-order chi connectivity index (χ1) is 13.4. The van der Waals surface area contributed by atoms with E-state index in [9.17, 15) is 8.42 Å². The summed E-state index contributed by atoms with van der Waals surface area (Å²) in [5.41, 5.74) is 2.29. The number of aromatic nitrogens is 1. The third kappa shape index (κ3) is 3.21. The van der Waals surface area contributed by atoms with E-state index in [1.165, 1.54) is 0 Å². The highest BCUT2D eigenvalue weighted by Gasteiger charge is 2.51. The maximum absolute atomic E-state index is 13.4. The Kier molecular flexibility index (Phi) is 4.50. The molecule has 0 spiro atoms. The molecule has 1 aromatic heterocycles. The van der Waals surface area contributed by atoms with Gasteiger partial charge in [-0.25, -0.2) is 8.42 Å². The number of hydrogen-bond donors (Lipinski definition) is 1. The van der Waals surface area contributed by atoms with E-state index in [1.807, 2.05) is 65.0 Å². The Balaban J connectivity index is 1.84. The van der Waals surface area contributed by atoms with E-state index in [4.69, 9.17) is 9.31 Å². The van der Waals surface area contributed by atoms with Gasteiger partial charge in [0.05, 0.1) is 21.0 Å². The number of aromatic amines is 1. The maximum Gasteiger partial charge on any atom is 0.494 e. The molecule has 2 heterocycles. The zero-order chi connectivity index (χ0) is 21.2. The summed E-state index contributed by atoms with van der Waals surface area (Å²) in [7, 11) is -4.22. The standard InChI is InChI=1S/C22H26BNO4S/c1-14-7-10-17(11-8-14)29(25,26)20-15(2)24-19-12-9-16(13-18(19)20)23-27-21(3,4)22(5,6)28-23/h7-13,24H,1-6H3. The lowest BCUT2D eigenvalue weighted by atomic mass is 9.78. The van der Waals surface area contributed by atoms with Gasteiger partial charge in [-0.2, -0.15) is 0 Å². The van der Waals surface area contributed by atoms with Crippen LogP contribution >= 0.6 is 0 Å². The van der Waals surface area contributed by atoms with E-state index in [0.29, 0.717) is 16.0 Å². The van der Waals surface area contributed by atoms with Crippen molar-refractivity contribution >= 4 is 33.3 Å². The second-order valence-corrected chi connectivity index (χ2v) is 10.7. The second kappa shape index (κ2) is 6.46. The molecule has 0 atom stereocenters. The summed E-state index contributed by atoms with van der Waals surface area (Å²) in [6.45, 7) is 11.7. The number of nitrogens with one attached hydrogen (secondary N) is 1. The Morgan fingerprint density at radius 3 is 2.07 bits per heavy atom. The third-order valence-electron chi connectivity index (χ3n) is 6.08. The highest BCUT2D eigenvalue weighted by Crippen LogP contribution is 2.37. The van der Waals surface area contributed by atoms with E-state index in [2.05, 4.69) is 4.98 Å². The fourth-order valence-corrected chi connectivity index (χ4v) is 5.27. The van der Waals surface area contributed by atoms with Crippen LogP contribution in [0.3, 0.4) is 0 Å². The summed E-state index contributed by atoms with van der Waals surface area (Å²) in [6.07, 6.45) is 0. The molecule has 152 valence electrons. The van der Waals surface area contributed by atoms with Crippen LogP contribution in [-0.4, -0.2) is 31.7 Å². The highest BCUT2D eigenvalue weighted by atomic mass is 32.2. The van der Waals surface area contributed by atoms with Crippen molar-refractivity contribution in [3.05, 3.63) is 53.7 Å². The van der Waals surface area contributed by atoms with E-state index in [0.717, 1.165) is 16.5 Å². The average Bonchev–Trinajstić information content (AvgIpc) is 3.06. The van der Waals surface area contributed by atoms with Gasteiger partial charge in [-0.1, -0.05) is 29.8 Å². The van der Waals surface area contributed by atoms with Crippen molar-refractivity contribution in [2.45, 2.75) is 62.5 Å². The first kappa shape index (κ1) is 20.2. The van der Waals surface area contributed by atoms with Crippen LogP contribution in [0.4, 0.5) is 0 Å². The molecule has 0 radical (unpaired) electrons. The first-order valence-electron chi connectivity index (χ1n) is 9.72. The molecule has 0 unspecified atom stereocenters. The first-order valence-corrected chi connectivity index (χ1v) is 11.2. The lowest BCUT2D eigenvalue weighted by Gasteiger charge is -2.32. The van der Waals surface area contributed by atoms with Crippen molar-refractivity contribution in [1.82, 2.24) is 4.98 Å². The fraction of sp³-hybridized carbons (Fsp3) is 0.364. The van der Waals surface area contributed by atoms with Crippen molar-refractivity contribution in [3.63, 3.8) is 0 Å². The van der Waals surface area contributed by atoms with Crippen LogP contribution in [-0.2, 0) is 19.1 Å². The monoisotopic (exact) mass is 411 g/mol. The van der Waals surface area contributed by atoms with Gasteiger partial charge in [0.1, 0.15) is 0 Å². The molecule has 0 aliphatic carbocycles. The Hall–Kier alpha value is -2.09. The largest absolute Gasteiger partial charge is 0.494 e.